The Kier molecular flexibility index (Phi) is 4.81. The first kappa shape index (κ1) is 16.1. The van der Waals surface area contributed by atoms with Gasteiger partial charge in [-0.25, -0.2) is 4.98 Å². The topological polar surface area (TPSA) is 47.3 Å². The van der Waals surface area contributed by atoms with Crippen LogP contribution in [0, 0.1) is 5.41 Å². The summed E-state index contributed by atoms with van der Waals surface area (Å²) in [5, 5.41) is 11.5. The maximum Gasteiger partial charge on any atom is 0.203 e. The van der Waals surface area contributed by atoms with Gasteiger partial charge < -0.3 is 9.84 Å². The van der Waals surface area contributed by atoms with E-state index in [1.54, 1.807) is 41.5 Å². The summed E-state index contributed by atoms with van der Waals surface area (Å²) in [6.45, 7) is 5.82. The van der Waals surface area contributed by atoms with Gasteiger partial charge in [-0.1, -0.05) is 44.0 Å². The highest BCUT2D eigenvalue weighted by molar-refractivity contribution is 6.35. The first-order valence-corrected chi connectivity index (χ1v) is 7.32. The highest BCUT2D eigenvalue weighted by Crippen LogP contribution is 2.34. The molecule has 0 aliphatic rings. The molecule has 6 heteroatoms. The molecule has 2 aromatic rings. The van der Waals surface area contributed by atoms with Crippen LogP contribution in [0.25, 0.3) is 0 Å². The summed E-state index contributed by atoms with van der Waals surface area (Å²) < 4.78 is 7.62. The number of aromatic nitrogens is 2. The molecule has 2 rings (SSSR count). The lowest BCUT2D eigenvalue weighted by Gasteiger charge is -2.33. The number of imidazole rings is 1. The predicted octanol–water partition coefficient (Wildman–Crippen LogP) is 4.17. The molecule has 0 amide bonds. The molecule has 1 aromatic carbocycles. The van der Waals surface area contributed by atoms with Gasteiger partial charge in [0.1, 0.15) is 11.9 Å². The summed E-state index contributed by atoms with van der Waals surface area (Å²) >= 11 is 12.0. The van der Waals surface area contributed by atoms with Crippen molar-refractivity contribution in [2.24, 2.45) is 5.41 Å². The number of aliphatic hydroxyl groups excluding tert-OH is 1. The molecule has 2 atom stereocenters. The Morgan fingerprint density at radius 3 is 2.52 bits per heavy atom. The number of halogens is 2. The minimum absolute atomic E-state index is 0.367. The van der Waals surface area contributed by atoms with Gasteiger partial charge in [0.25, 0.3) is 0 Å². The zero-order valence-electron chi connectivity index (χ0n) is 12.1. The molecule has 0 saturated heterocycles. The van der Waals surface area contributed by atoms with E-state index in [9.17, 15) is 5.11 Å². The fourth-order valence-corrected chi connectivity index (χ4v) is 2.29. The number of hydrogen-bond acceptors (Lipinski definition) is 3. The standard InChI is InChI=1S/C15H18Cl2N2O2/c1-15(2,3)13(20)14(19-7-6-18-9-19)21-12-5-4-10(16)8-11(12)17/h4-9,13-14,20H,1-3H3. The van der Waals surface area contributed by atoms with E-state index in [1.165, 1.54) is 0 Å². The van der Waals surface area contributed by atoms with Crippen molar-refractivity contribution in [3.05, 3.63) is 47.0 Å². The third kappa shape index (κ3) is 3.90. The fraction of sp³-hybridized carbons (Fsp3) is 0.400. The second-order valence-corrected chi connectivity index (χ2v) is 6.75. The Morgan fingerprint density at radius 1 is 1.29 bits per heavy atom. The molecule has 0 saturated carbocycles. The minimum Gasteiger partial charge on any atom is -0.466 e. The normalized spacial score (nSPS) is 14.8. The van der Waals surface area contributed by atoms with Crippen LogP contribution in [0.5, 0.6) is 5.75 Å². The van der Waals surface area contributed by atoms with Crippen molar-refractivity contribution in [1.82, 2.24) is 9.55 Å². The second-order valence-electron chi connectivity index (χ2n) is 5.90. The Labute approximate surface area is 134 Å². The monoisotopic (exact) mass is 328 g/mol. The fourth-order valence-electron chi connectivity index (χ4n) is 1.84. The molecule has 0 aliphatic heterocycles. The van der Waals surface area contributed by atoms with E-state index in [0.29, 0.717) is 15.8 Å². The minimum atomic E-state index is -0.751. The number of ether oxygens (including phenoxy) is 1. The van der Waals surface area contributed by atoms with Gasteiger partial charge in [-0.15, -0.1) is 0 Å². The first-order chi connectivity index (χ1) is 9.79. The average Bonchev–Trinajstić information content (AvgIpc) is 2.90. The predicted molar refractivity (Wildman–Crippen MR) is 83.8 cm³/mol. The summed E-state index contributed by atoms with van der Waals surface area (Å²) in [7, 11) is 0. The summed E-state index contributed by atoms with van der Waals surface area (Å²) in [6, 6.07) is 4.98. The molecular formula is C15H18Cl2N2O2. The van der Waals surface area contributed by atoms with Crippen molar-refractivity contribution in [1.29, 1.82) is 0 Å². The van der Waals surface area contributed by atoms with Gasteiger partial charge in [-0.2, -0.15) is 0 Å². The van der Waals surface area contributed by atoms with E-state index < -0.39 is 12.3 Å². The number of rotatable bonds is 4. The summed E-state index contributed by atoms with van der Waals surface area (Å²) in [6.07, 6.45) is 3.59. The van der Waals surface area contributed by atoms with Crippen LogP contribution < -0.4 is 4.74 Å². The van der Waals surface area contributed by atoms with Crippen LogP contribution in [0.1, 0.15) is 27.0 Å². The Balaban J connectivity index is 2.33. The maximum atomic E-state index is 10.6. The lowest BCUT2D eigenvalue weighted by Crippen LogP contribution is -2.38. The molecule has 4 nitrogen and oxygen atoms in total. The summed E-state index contributed by atoms with van der Waals surface area (Å²) in [5.74, 6) is 0.461. The van der Waals surface area contributed by atoms with Gasteiger partial charge in [0, 0.05) is 17.4 Å². The van der Waals surface area contributed by atoms with Gasteiger partial charge in [0.15, 0.2) is 0 Å². The molecule has 1 heterocycles. The molecule has 1 N–H and O–H groups in total. The van der Waals surface area contributed by atoms with E-state index in [-0.39, 0.29) is 5.41 Å². The van der Waals surface area contributed by atoms with Crippen LogP contribution in [0.2, 0.25) is 10.0 Å². The Bertz CT molecular complexity index is 594. The van der Waals surface area contributed by atoms with Crippen LogP contribution in [0.3, 0.4) is 0 Å². The number of hydrogen-bond donors (Lipinski definition) is 1. The molecule has 1 aromatic heterocycles. The number of nitrogens with zero attached hydrogens (tertiary/aromatic N) is 2. The van der Waals surface area contributed by atoms with Gasteiger partial charge in [0.05, 0.1) is 11.3 Å². The van der Waals surface area contributed by atoms with Crippen LogP contribution in [-0.4, -0.2) is 20.8 Å². The second kappa shape index (κ2) is 6.26. The molecule has 0 spiro atoms. The van der Waals surface area contributed by atoms with E-state index in [1.807, 2.05) is 20.8 Å². The molecule has 114 valence electrons. The van der Waals surface area contributed by atoms with Crippen LogP contribution in [0.4, 0.5) is 0 Å². The lowest BCUT2D eigenvalue weighted by atomic mass is 9.88. The molecule has 21 heavy (non-hydrogen) atoms. The number of aliphatic hydroxyl groups is 1. The Morgan fingerprint density at radius 2 is 2.00 bits per heavy atom. The van der Waals surface area contributed by atoms with Gasteiger partial charge in [-0.05, 0) is 23.6 Å². The highest BCUT2D eigenvalue weighted by Gasteiger charge is 2.33. The lowest BCUT2D eigenvalue weighted by molar-refractivity contribution is -0.0674. The smallest absolute Gasteiger partial charge is 0.203 e. The van der Waals surface area contributed by atoms with Crippen molar-refractivity contribution in [3.8, 4) is 5.75 Å². The van der Waals surface area contributed by atoms with Crippen molar-refractivity contribution >= 4 is 23.2 Å². The Hall–Kier alpha value is -1.23. The van der Waals surface area contributed by atoms with E-state index in [4.69, 9.17) is 27.9 Å². The third-order valence-electron chi connectivity index (χ3n) is 3.12. The van der Waals surface area contributed by atoms with Gasteiger partial charge in [-0.3, -0.25) is 4.57 Å². The summed E-state index contributed by atoms with van der Waals surface area (Å²) in [5.41, 5.74) is -0.367. The zero-order chi connectivity index (χ0) is 15.6. The van der Waals surface area contributed by atoms with Crippen molar-refractivity contribution in [2.45, 2.75) is 33.1 Å². The van der Waals surface area contributed by atoms with E-state index >= 15 is 0 Å². The quantitative estimate of drug-likeness (QED) is 0.915. The average molecular weight is 329 g/mol. The van der Waals surface area contributed by atoms with Crippen molar-refractivity contribution < 1.29 is 9.84 Å². The first-order valence-electron chi connectivity index (χ1n) is 6.56. The third-order valence-corrected chi connectivity index (χ3v) is 3.65. The van der Waals surface area contributed by atoms with E-state index in [2.05, 4.69) is 4.98 Å². The zero-order valence-corrected chi connectivity index (χ0v) is 13.6. The molecule has 0 bridgehead atoms. The van der Waals surface area contributed by atoms with Crippen LogP contribution >= 0.6 is 23.2 Å². The van der Waals surface area contributed by atoms with Crippen LogP contribution in [-0.2, 0) is 0 Å². The van der Waals surface area contributed by atoms with Gasteiger partial charge in [0.2, 0.25) is 6.23 Å². The van der Waals surface area contributed by atoms with Crippen LogP contribution in [0.15, 0.2) is 36.9 Å². The molecule has 2 unspecified atom stereocenters. The molecule has 0 fully saturated rings. The highest BCUT2D eigenvalue weighted by atomic mass is 35.5. The van der Waals surface area contributed by atoms with E-state index in [0.717, 1.165) is 0 Å². The van der Waals surface area contributed by atoms with Crippen molar-refractivity contribution in [3.63, 3.8) is 0 Å². The summed E-state index contributed by atoms with van der Waals surface area (Å²) in [4.78, 5) is 4.00. The van der Waals surface area contributed by atoms with Gasteiger partial charge >= 0.3 is 0 Å². The molecular weight excluding hydrogens is 311 g/mol. The maximum absolute atomic E-state index is 10.6. The number of benzene rings is 1. The largest absolute Gasteiger partial charge is 0.466 e. The molecule has 0 aliphatic carbocycles. The van der Waals surface area contributed by atoms with Crippen molar-refractivity contribution in [2.75, 3.05) is 0 Å². The SMILES string of the molecule is CC(C)(C)C(O)C(Oc1ccc(Cl)cc1Cl)n1ccnc1. The molecule has 0 radical (unpaired) electrons.